The van der Waals surface area contributed by atoms with Gasteiger partial charge in [-0.2, -0.15) is 0 Å². The molecule has 0 aromatic rings. The Morgan fingerprint density at radius 2 is 0.368 bits per heavy atom. The smallest absolute Gasteiger partial charge is 0.234 e. The monoisotopic (exact) mass is 1910 g/mol. The summed E-state index contributed by atoms with van der Waals surface area (Å²) in [5.41, 5.74) is -7.94. The number of carbonyl (C=O) groups is 6. The van der Waals surface area contributed by atoms with Crippen molar-refractivity contribution < 1.29 is 99.8 Å². The number of rotatable bonds is 33. The molecule has 23 heteroatoms. The second-order valence-electron chi connectivity index (χ2n) is 56.9. The van der Waals surface area contributed by atoms with E-state index in [4.69, 9.17) is 71.1 Å². The van der Waals surface area contributed by atoms with E-state index in [1.54, 1.807) is 83.1 Å². The van der Waals surface area contributed by atoms with Gasteiger partial charge in [-0.15, -0.1) is 0 Å². The van der Waals surface area contributed by atoms with E-state index in [-0.39, 0.29) is 132 Å². The van der Waals surface area contributed by atoms with Crippen LogP contribution in [0.4, 0.5) is 0 Å². The molecule has 0 spiro atoms. The third kappa shape index (κ3) is 84.4. The average molecular weight is 1910 g/mol. The van der Waals surface area contributed by atoms with Crippen LogP contribution in [0.2, 0.25) is 0 Å². The number of hydrogen-bond acceptors (Lipinski definition) is 21. The first-order valence-corrected chi connectivity index (χ1v) is 49.1. The highest BCUT2D eigenvalue weighted by atomic mass is 16.6. The van der Waals surface area contributed by atoms with Crippen LogP contribution < -0.4 is 0 Å². The minimum Gasteiger partial charge on any atom is -0.375 e. The number of amides is 4. The van der Waals surface area contributed by atoms with Crippen molar-refractivity contribution in [2.75, 3.05) is 79.2 Å². The van der Waals surface area contributed by atoms with Crippen LogP contribution >= 0.6 is 0 Å². The first-order chi connectivity index (χ1) is 57.6. The molecule has 0 aromatic heterocycles. The molecule has 4 amide bonds. The van der Waals surface area contributed by atoms with Gasteiger partial charge in [0.05, 0.1) is 155 Å². The summed E-state index contributed by atoms with van der Waals surface area (Å²) in [7, 11) is 0. The third-order valence-corrected chi connectivity index (χ3v) is 17.1. The first-order valence-electron chi connectivity index (χ1n) is 49.1. The second kappa shape index (κ2) is 54.5. The summed E-state index contributed by atoms with van der Waals surface area (Å²) in [6.45, 7) is 130. The van der Waals surface area contributed by atoms with E-state index in [2.05, 4.69) is 166 Å². The lowest BCUT2D eigenvalue weighted by atomic mass is 9.83. The van der Waals surface area contributed by atoms with Gasteiger partial charge < -0.3 is 71.1 Å². The Morgan fingerprint density at radius 3 is 0.519 bits per heavy atom. The van der Waals surface area contributed by atoms with Crippen molar-refractivity contribution >= 4 is 35.2 Å². The highest BCUT2D eigenvalue weighted by molar-refractivity contribution is 6.01. The third-order valence-electron chi connectivity index (χ3n) is 17.1. The van der Waals surface area contributed by atoms with Gasteiger partial charge in [-0.3, -0.25) is 38.6 Å². The zero-order valence-electron chi connectivity index (χ0n) is 99.3. The van der Waals surface area contributed by atoms with Crippen LogP contribution in [0.3, 0.4) is 0 Å². The van der Waals surface area contributed by atoms with E-state index in [1.807, 2.05) is 187 Å². The maximum Gasteiger partial charge on any atom is 0.234 e. The van der Waals surface area contributed by atoms with Crippen molar-refractivity contribution in [3.63, 3.8) is 0 Å². The normalized spacial score (nSPS) is 15.0. The van der Waals surface area contributed by atoms with Gasteiger partial charge in [0.15, 0.2) is 0 Å². The fourth-order valence-corrected chi connectivity index (χ4v) is 10.6. The molecule has 0 bridgehead atoms. The molecule has 4 unspecified atom stereocenters. The number of Topliss-reactive ketones (excluding diaryl/α,β-unsaturated/α-hetero) is 2. The Bertz CT molecular complexity index is 2960. The van der Waals surface area contributed by atoms with E-state index >= 15 is 0 Å². The predicted molar refractivity (Wildman–Crippen MR) is 552 cm³/mol. The Hall–Kier alpha value is -2.98. The minimum absolute atomic E-state index is 0.0180. The van der Waals surface area contributed by atoms with Crippen molar-refractivity contribution in [3.8, 4) is 0 Å². The van der Waals surface area contributed by atoms with E-state index in [9.17, 15) is 28.8 Å². The number of hydrogen-bond donors (Lipinski definition) is 0. The van der Waals surface area contributed by atoms with Gasteiger partial charge in [0.2, 0.25) is 23.6 Å². The van der Waals surface area contributed by atoms with Crippen molar-refractivity contribution in [2.45, 2.75) is 564 Å². The van der Waals surface area contributed by atoms with Crippen molar-refractivity contribution in [2.24, 2.45) is 37.9 Å². The van der Waals surface area contributed by atoms with Crippen LogP contribution in [0.1, 0.15) is 449 Å². The Balaban J connectivity index is -0.000000377. The Kier molecular flexibility index (Phi) is 57.6. The molecule has 0 aromatic carbocycles. The fraction of sp³-hybridized carbons (Fsp3) is 0.945. The largest absolute Gasteiger partial charge is 0.375 e. The summed E-state index contributed by atoms with van der Waals surface area (Å²) in [5.74, 6) is -0.958. The summed E-state index contributed by atoms with van der Waals surface area (Å²) in [5, 5.41) is 0. The number of carbonyl (C=O) groups excluding carboxylic acids is 6. The lowest BCUT2D eigenvalue weighted by Gasteiger charge is -2.46. The second-order valence-corrected chi connectivity index (χ2v) is 56.9. The molecule has 0 rings (SSSR count). The first kappa shape index (κ1) is 141. The molecule has 0 saturated carbocycles. The lowest BCUT2D eigenvalue weighted by Crippen LogP contribution is -2.58. The molecule has 0 aliphatic rings. The molecule has 0 fully saturated rings. The number of ether oxygens (including phenoxy) is 15. The quantitative estimate of drug-likeness (QED) is 0.0554. The Labute approximate surface area is 821 Å². The Morgan fingerprint density at radius 1 is 0.195 bits per heavy atom. The van der Waals surface area contributed by atoms with Gasteiger partial charge >= 0.3 is 0 Å². The summed E-state index contributed by atoms with van der Waals surface area (Å²) in [6.07, 6.45) is -1.07. The fourth-order valence-electron chi connectivity index (χ4n) is 10.6. The lowest BCUT2D eigenvalue weighted by molar-refractivity contribution is -0.268. The molecular formula is C110H222N2O21. The van der Waals surface area contributed by atoms with Crippen LogP contribution in [0, 0.1) is 37.9 Å². The van der Waals surface area contributed by atoms with Crippen molar-refractivity contribution in [1.29, 1.82) is 0 Å². The number of nitrogens with zero attached hydrogens (tertiary/aromatic N) is 2. The van der Waals surface area contributed by atoms with Crippen molar-refractivity contribution in [3.05, 3.63) is 0 Å². The van der Waals surface area contributed by atoms with E-state index in [0.717, 1.165) is 0 Å². The molecule has 23 nitrogen and oxygen atoms in total. The van der Waals surface area contributed by atoms with Crippen LogP contribution in [0.5, 0.6) is 0 Å². The zero-order valence-corrected chi connectivity index (χ0v) is 99.3. The minimum atomic E-state index is -0.756. The highest BCUT2D eigenvalue weighted by Crippen LogP contribution is 2.36. The van der Waals surface area contributed by atoms with Gasteiger partial charge in [0, 0.05) is 58.4 Å². The van der Waals surface area contributed by atoms with Gasteiger partial charge in [-0.1, -0.05) is 125 Å². The van der Waals surface area contributed by atoms with Gasteiger partial charge in [0.25, 0.3) is 0 Å². The van der Waals surface area contributed by atoms with Crippen molar-refractivity contribution in [1.82, 2.24) is 9.80 Å². The van der Waals surface area contributed by atoms with E-state index < -0.39 is 68.5 Å². The molecule has 4 atom stereocenters. The van der Waals surface area contributed by atoms with Crippen LogP contribution in [0.15, 0.2) is 0 Å². The molecule has 0 aliphatic carbocycles. The van der Waals surface area contributed by atoms with Crippen LogP contribution in [-0.4, -0.2) is 239 Å². The van der Waals surface area contributed by atoms with Gasteiger partial charge in [0.1, 0.15) is 42.1 Å². The number of ketones is 2. The molecular weight excluding hydrogens is 1690 g/mol. The van der Waals surface area contributed by atoms with Crippen LogP contribution in [-0.2, 0) is 99.8 Å². The summed E-state index contributed by atoms with van der Waals surface area (Å²) >= 11 is 0. The summed E-state index contributed by atoms with van der Waals surface area (Å²) in [6, 6.07) is 0. The van der Waals surface area contributed by atoms with Crippen LogP contribution in [0.25, 0.3) is 0 Å². The SMILES string of the molecule is CC(C)(C)C(=O)CCC(=O)C(C)(C)C.CC(C)(C)C(=O)N(CCN(C(=O)C(C)(C)C)C(=O)C(C)(C)C)C(=O)C(C)(C)C.CC(C)(C)OCC(COC(C)(C)C)(COC(C)(C)C)COC(C)(C)C.CC(C)(C)OCC(COC(C)(C)C)OC(C)(C)C.CC(C)(C)OCC(OC(C)(C)C)C(OC(C)(C)C)C(OC(C)(C)C)C(COC(C)(C)C)OC(C)(C)C.CC(C)(C)OCCOC(C)(C)C. The topological polar surface area (TPSA) is 247 Å². The predicted octanol–water partition coefficient (Wildman–Crippen LogP) is 25.9. The molecule has 0 saturated heterocycles. The number of imide groups is 2. The highest BCUT2D eigenvalue weighted by Gasteiger charge is 2.47. The maximum absolute atomic E-state index is 12.9. The van der Waals surface area contributed by atoms with Gasteiger partial charge in [-0.05, 0) is 312 Å². The standard InChI is InChI=1S/C30H62O6.C22H40N2O4.C21H44O4.C15H32O3.C12H22O2.C10H22O2/c1-25(2,3)31-19-21(33-27(7,8)9)23(35-29(13,14)15)24(36-30(16,17)18)22(34-28(10,11)12)20-32-26(4,5)6;1-19(2,3)15(25)23(16(26)20(4,5)6)13-14-24(17(27)21(7,8)9)18(28)22(10,11)12;1-17(2,3)22-13-21(14-23-18(4,5)6,15-24-19(7,8)9)16-25-20(10,11)12;1-13(2,3)16-10-12(18-15(7,8)9)11-17-14(4,5)6;1-11(2,3)9(13)7-8-10(14)12(4,5)6;1-9(2,3)11-7-8-12-10(4,5)6/h21-24H,19-20H2,1-18H3;13-14H2,1-12H3;13-16H2,1-12H3;12H,10-11H2,1-9H3;7-8H2,1-6H3;7-8H2,1-6H3. The average Bonchev–Trinajstić information content (AvgIpc) is 0.801. The summed E-state index contributed by atoms with van der Waals surface area (Å²) < 4.78 is 92.6. The molecule has 798 valence electrons. The maximum atomic E-state index is 12.9. The molecule has 133 heavy (non-hydrogen) atoms. The van der Waals surface area contributed by atoms with E-state index in [1.165, 1.54) is 9.80 Å². The molecule has 0 aliphatic heterocycles. The molecule has 0 N–H and O–H groups in total. The van der Waals surface area contributed by atoms with Gasteiger partial charge in [-0.25, -0.2) is 0 Å². The zero-order chi connectivity index (χ0) is 108. The molecule has 0 heterocycles. The molecule has 0 radical (unpaired) electrons. The summed E-state index contributed by atoms with van der Waals surface area (Å²) in [4.78, 5) is 77.1. The van der Waals surface area contributed by atoms with E-state index in [0.29, 0.717) is 78.9 Å².